The van der Waals surface area contributed by atoms with E-state index < -0.39 is 11.9 Å². The predicted molar refractivity (Wildman–Crippen MR) is 101 cm³/mol. The topological polar surface area (TPSA) is 52.6 Å². The van der Waals surface area contributed by atoms with E-state index in [9.17, 15) is 9.59 Å². The van der Waals surface area contributed by atoms with Gasteiger partial charge in [-0.3, -0.25) is 0 Å². The van der Waals surface area contributed by atoms with Crippen LogP contribution in [-0.4, -0.2) is 30.6 Å². The second-order valence-corrected chi connectivity index (χ2v) is 8.18. The van der Waals surface area contributed by atoms with Crippen LogP contribution in [0.2, 0.25) is 0 Å². The van der Waals surface area contributed by atoms with E-state index in [0.29, 0.717) is 21.5 Å². The molecular formula is C19H18O4S2. The van der Waals surface area contributed by atoms with Crippen molar-refractivity contribution < 1.29 is 19.1 Å². The van der Waals surface area contributed by atoms with Crippen molar-refractivity contribution in [1.29, 1.82) is 0 Å². The average molecular weight is 374 g/mol. The average Bonchev–Trinajstić information content (AvgIpc) is 2.68. The molecule has 1 saturated heterocycles. The first kappa shape index (κ1) is 17.9. The number of carbonyl (C=O) groups excluding carboxylic acids is 2. The van der Waals surface area contributed by atoms with Crippen molar-refractivity contribution in [2.24, 2.45) is 0 Å². The van der Waals surface area contributed by atoms with Crippen molar-refractivity contribution in [3.8, 4) is 5.75 Å². The molecule has 0 unspecified atom stereocenters. The van der Waals surface area contributed by atoms with Crippen LogP contribution in [0.15, 0.2) is 48.5 Å². The molecule has 1 fully saturated rings. The van der Waals surface area contributed by atoms with Gasteiger partial charge in [0, 0.05) is 0 Å². The lowest BCUT2D eigenvalue weighted by Crippen LogP contribution is -2.09. The molecule has 2 aromatic rings. The Labute approximate surface area is 155 Å². The zero-order valence-electron chi connectivity index (χ0n) is 13.8. The van der Waals surface area contributed by atoms with Gasteiger partial charge in [0.2, 0.25) is 0 Å². The summed E-state index contributed by atoms with van der Waals surface area (Å²) in [5.74, 6) is 1.92. The highest BCUT2D eigenvalue weighted by Crippen LogP contribution is 2.43. The predicted octanol–water partition coefficient (Wildman–Crippen LogP) is 4.56. The largest absolute Gasteiger partial charge is 0.465 e. The molecule has 0 radical (unpaired) electrons. The number of benzene rings is 2. The fourth-order valence-electron chi connectivity index (χ4n) is 2.40. The Morgan fingerprint density at radius 2 is 1.44 bits per heavy atom. The Kier molecular flexibility index (Phi) is 6.04. The number of rotatable bonds is 4. The van der Waals surface area contributed by atoms with E-state index in [2.05, 4.69) is 4.74 Å². The number of esters is 2. The Bertz CT molecular complexity index is 735. The highest BCUT2D eigenvalue weighted by Gasteiger charge is 2.17. The van der Waals surface area contributed by atoms with E-state index in [0.717, 1.165) is 0 Å². The maximum absolute atomic E-state index is 12.3. The fourth-order valence-corrected chi connectivity index (χ4v) is 5.29. The van der Waals surface area contributed by atoms with Gasteiger partial charge >= 0.3 is 11.9 Å². The van der Waals surface area contributed by atoms with Gasteiger partial charge in [0.15, 0.2) is 0 Å². The summed E-state index contributed by atoms with van der Waals surface area (Å²) < 4.78 is 10.4. The molecule has 0 spiro atoms. The van der Waals surface area contributed by atoms with Gasteiger partial charge in [0.05, 0.1) is 22.8 Å². The minimum atomic E-state index is -0.424. The first-order chi connectivity index (χ1) is 12.2. The molecule has 0 atom stereocenters. The highest BCUT2D eigenvalue weighted by atomic mass is 32.2. The molecule has 2 aromatic carbocycles. The molecule has 130 valence electrons. The quantitative estimate of drug-likeness (QED) is 0.578. The van der Waals surface area contributed by atoms with Gasteiger partial charge < -0.3 is 9.47 Å². The zero-order chi connectivity index (χ0) is 17.6. The molecule has 0 N–H and O–H groups in total. The van der Waals surface area contributed by atoms with Gasteiger partial charge in [-0.15, -0.1) is 23.5 Å². The maximum atomic E-state index is 12.3. The summed E-state index contributed by atoms with van der Waals surface area (Å²) in [6.45, 7) is 0. The SMILES string of the molecule is COC(=O)c1ccc(OC(=O)c2ccc(C3SCCCS3)cc2)cc1. The van der Waals surface area contributed by atoms with Crippen LogP contribution in [0, 0.1) is 0 Å². The third-order valence-corrected chi connectivity index (χ3v) is 6.75. The molecule has 1 aliphatic rings. The second-order valence-electron chi connectivity index (χ2n) is 5.45. The first-order valence-electron chi connectivity index (χ1n) is 7.91. The Morgan fingerprint density at radius 1 is 0.880 bits per heavy atom. The van der Waals surface area contributed by atoms with Gasteiger partial charge in [-0.1, -0.05) is 12.1 Å². The smallest absolute Gasteiger partial charge is 0.343 e. The van der Waals surface area contributed by atoms with Crippen molar-refractivity contribution in [3.63, 3.8) is 0 Å². The molecule has 6 heteroatoms. The molecule has 3 rings (SSSR count). The van der Waals surface area contributed by atoms with Crippen LogP contribution in [0.4, 0.5) is 0 Å². The van der Waals surface area contributed by atoms with Crippen molar-refractivity contribution in [2.45, 2.75) is 11.0 Å². The Balaban J connectivity index is 1.63. The summed E-state index contributed by atoms with van der Waals surface area (Å²) in [6, 6.07) is 13.9. The number of methoxy groups -OCH3 is 1. The van der Waals surface area contributed by atoms with E-state index >= 15 is 0 Å². The summed E-state index contributed by atoms with van der Waals surface area (Å²) in [5.41, 5.74) is 2.15. The van der Waals surface area contributed by atoms with Crippen LogP contribution in [0.1, 0.15) is 37.3 Å². The summed E-state index contributed by atoms with van der Waals surface area (Å²) in [4.78, 5) is 23.6. The first-order valence-corrected chi connectivity index (χ1v) is 10.0. The molecular weight excluding hydrogens is 356 g/mol. The van der Waals surface area contributed by atoms with Gasteiger partial charge in [-0.05, 0) is 59.9 Å². The molecule has 25 heavy (non-hydrogen) atoms. The van der Waals surface area contributed by atoms with Crippen LogP contribution in [0.3, 0.4) is 0 Å². The van der Waals surface area contributed by atoms with E-state index in [1.807, 2.05) is 35.7 Å². The standard InChI is InChI=1S/C19H18O4S2/c1-22-17(20)13-7-9-16(10-8-13)23-18(21)14-3-5-15(6-4-14)19-24-11-2-12-25-19/h3-10,19H,2,11-12H2,1H3. The van der Waals surface area contributed by atoms with E-state index in [1.54, 1.807) is 36.4 Å². The van der Waals surface area contributed by atoms with Crippen LogP contribution in [-0.2, 0) is 4.74 Å². The molecule has 0 saturated carbocycles. The number of carbonyl (C=O) groups is 2. The molecule has 1 aliphatic heterocycles. The summed E-state index contributed by atoms with van der Waals surface area (Å²) in [6.07, 6.45) is 1.25. The Hall–Kier alpha value is -1.92. The third kappa shape index (κ3) is 4.58. The third-order valence-electron chi connectivity index (χ3n) is 3.73. The lowest BCUT2D eigenvalue weighted by atomic mass is 10.1. The van der Waals surface area contributed by atoms with Crippen molar-refractivity contribution in [1.82, 2.24) is 0 Å². The van der Waals surface area contributed by atoms with Crippen molar-refractivity contribution in [3.05, 3.63) is 65.2 Å². The van der Waals surface area contributed by atoms with Gasteiger partial charge in [0.25, 0.3) is 0 Å². The Morgan fingerprint density at radius 3 is 2.04 bits per heavy atom. The van der Waals surface area contributed by atoms with E-state index in [1.165, 1.54) is 30.6 Å². The molecule has 1 heterocycles. The van der Waals surface area contributed by atoms with E-state index in [4.69, 9.17) is 4.74 Å². The molecule has 0 aliphatic carbocycles. The highest BCUT2D eigenvalue weighted by molar-refractivity contribution is 8.16. The second kappa shape index (κ2) is 8.45. The van der Waals surface area contributed by atoms with Gasteiger partial charge in [0.1, 0.15) is 5.75 Å². The maximum Gasteiger partial charge on any atom is 0.343 e. The molecule has 0 aromatic heterocycles. The lowest BCUT2D eigenvalue weighted by Gasteiger charge is -2.21. The molecule has 0 bridgehead atoms. The lowest BCUT2D eigenvalue weighted by molar-refractivity contribution is 0.0600. The van der Waals surface area contributed by atoms with Crippen molar-refractivity contribution >= 4 is 35.5 Å². The summed E-state index contributed by atoms with van der Waals surface area (Å²) >= 11 is 3.90. The van der Waals surface area contributed by atoms with Gasteiger partial charge in [-0.25, -0.2) is 9.59 Å². The number of thioether (sulfide) groups is 2. The fraction of sp³-hybridized carbons (Fsp3) is 0.263. The number of hydrogen-bond acceptors (Lipinski definition) is 6. The summed E-state index contributed by atoms with van der Waals surface area (Å²) in [7, 11) is 1.32. The van der Waals surface area contributed by atoms with Crippen LogP contribution in [0.25, 0.3) is 0 Å². The zero-order valence-corrected chi connectivity index (χ0v) is 15.4. The van der Waals surface area contributed by atoms with Crippen molar-refractivity contribution in [2.75, 3.05) is 18.6 Å². The minimum Gasteiger partial charge on any atom is -0.465 e. The molecule has 0 amide bonds. The monoisotopic (exact) mass is 374 g/mol. The number of hydrogen-bond donors (Lipinski definition) is 0. The summed E-state index contributed by atoms with van der Waals surface area (Å²) in [5, 5.41) is 0. The van der Waals surface area contributed by atoms with E-state index in [-0.39, 0.29) is 0 Å². The van der Waals surface area contributed by atoms with Crippen LogP contribution in [0.5, 0.6) is 5.75 Å². The molecule has 4 nitrogen and oxygen atoms in total. The minimum absolute atomic E-state index is 0.389. The van der Waals surface area contributed by atoms with Crippen LogP contribution >= 0.6 is 23.5 Å². The normalized spacial score (nSPS) is 14.8. The van der Waals surface area contributed by atoms with Gasteiger partial charge in [-0.2, -0.15) is 0 Å². The van der Waals surface area contributed by atoms with Crippen LogP contribution < -0.4 is 4.74 Å². The number of ether oxygens (including phenoxy) is 2.